The molecule has 0 fully saturated rings. The van der Waals surface area contributed by atoms with E-state index in [1.807, 2.05) is 39.0 Å². The van der Waals surface area contributed by atoms with Crippen LogP contribution in [0.1, 0.15) is 42.5 Å². The largest absolute Gasteiger partial charge is 0.338 e. The minimum absolute atomic E-state index is 0.0627. The first-order valence-electron chi connectivity index (χ1n) is 8.08. The number of nitrogens with zero attached hydrogens (tertiary/aromatic N) is 3. The van der Waals surface area contributed by atoms with Crippen LogP contribution in [0.2, 0.25) is 0 Å². The van der Waals surface area contributed by atoms with E-state index in [2.05, 4.69) is 28.3 Å². The number of aryl methyl sites for hydroxylation is 2. The van der Waals surface area contributed by atoms with Crippen molar-refractivity contribution in [1.29, 1.82) is 0 Å². The highest BCUT2D eigenvalue weighted by molar-refractivity contribution is 5.92. The molecule has 1 heterocycles. The smallest absolute Gasteiger partial charge is 0.272 e. The number of anilines is 2. The van der Waals surface area contributed by atoms with Crippen molar-refractivity contribution in [3.05, 3.63) is 47.3 Å². The molecule has 0 radical (unpaired) electrons. The Balaban J connectivity index is 2.32. The standard InChI is InChI=1S/C18H24N4O/c1-5-14-10-8-9-11-15(14)20-18-19-13(4)12-16(21-18)17(23)22(6-2)7-3/h8-12H,5-7H2,1-4H3,(H,19,20,21). The maximum atomic E-state index is 12.5. The summed E-state index contributed by atoms with van der Waals surface area (Å²) in [6.45, 7) is 9.24. The van der Waals surface area contributed by atoms with E-state index >= 15 is 0 Å². The number of carbonyl (C=O) groups is 1. The maximum Gasteiger partial charge on any atom is 0.272 e. The average molecular weight is 312 g/mol. The Bertz CT molecular complexity index is 680. The van der Waals surface area contributed by atoms with Crippen LogP contribution in [0.5, 0.6) is 0 Å². The summed E-state index contributed by atoms with van der Waals surface area (Å²) >= 11 is 0. The van der Waals surface area contributed by atoms with Gasteiger partial charge in [-0.25, -0.2) is 9.97 Å². The van der Waals surface area contributed by atoms with Gasteiger partial charge in [0.2, 0.25) is 5.95 Å². The van der Waals surface area contributed by atoms with Gasteiger partial charge in [0.05, 0.1) is 0 Å². The lowest BCUT2D eigenvalue weighted by molar-refractivity contribution is 0.0767. The van der Waals surface area contributed by atoms with Crippen LogP contribution in [-0.4, -0.2) is 33.9 Å². The van der Waals surface area contributed by atoms with Crippen molar-refractivity contribution in [2.24, 2.45) is 0 Å². The molecule has 1 aromatic carbocycles. The molecule has 0 bridgehead atoms. The van der Waals surface area contributed by atoms with Gasteiger partial charge < -0.3 is 10.2 Å². The molecule has 0 spiro atoms. The summed E-state index contributed by atoms with van der Waals surface area (Å²) in [7, 11) is 0. The average Bonchev–Trinajstić information content (AvgIpc) is 2.56. The monoisotopic (exact) mass is 312 g/mol. The third kappa shape index (κ3) is 4.06. The number of rotatable bonds is 6. The lowest BCUT2D eigenvalue weighted by Crippen LogP contribution is -2.31. The zero-order valence-corrected chi connectivity index (χ0v) is 14.3. The molecule has 5 heteroatoms. The van der Waals surface area contributed by atoms with Crippen LogP contribution in [0.3, 0.4) is 0 Å². The van der Waals surface area contributed by atoms with Gasteiger partial charge in [-0.15, -0.1) is 0 Å². The van der Waals surface area contributed by atoms with Crippen LogP contribution >= 0.6 is 0 Å². The molecule has 23 heavy (non-hydrogen) atoms. The minimum atomic E-state index is -0.0627. The first-order chi connectivity index (χ1) is 11.1. The molecule has 1 amide bonds. The van der Waals surface area contributed by atoms with Crippen LogP contribution in [0, 0.1) is 6.92 Å². The molecule has 1 N–H and O–H groups in total. The fraction of sp³-hybridized carbons (Fsp3) is 0.389. The lowest BCUT2D eigenvalue weighted by Gasteiger charge is -2.18. The van der Waals surface area contributed by atoms with Crippen LogP contribution in [0.4, 0.5) is 11.6 Å². The third-order valence-corrected chi connectivity index (χ3v) is 3.77. The van der Waals surface area contributed by atoms with Gasteiger partial charge in [0, 0.05) is 24.5 Å². The molecule has 2 rings (SSSR count). The van der Waals surface area contributed by atoms with E-state index in [1.165, 1.54) is 5.56 Å². The molecule has 0 aliphatic heterocycles. The minimum Gasteiger partial charge on any atom is -0.338 e. The first-order valence-corrected chi connectivity index (χ1v) is 8.08. The van der Waals surface area contributed by atoms with Crippen LogP contribution in [0.25, 0.3) is 0 Å². The van der Waals surface area contributed by atoms with Gasteiger partial charge in [-0.3, -0.25) is 4.79 Å². The Hall–Kier alpha value is -2.43. The Labute approximate surface area is 137 Å². The van der Waals surface area contributed by atoms with Crippen molar-refractivity contribution in [2.75, 3.05) is 18.4 Å². The number of nitrogens with one attached hydrogen (secondary N) is 1. The van der Waals surface area contributed by atoms with Crippen molar-refractivity contribution in [1.82, 2.24) is 14.9 Å². The Kier molecular flexibility index (Phi) is 5.68. The number of benzene rings is 1. The molecule has 0 unspecified atom stereocenters. The highest BCUT2D eigenvalue weighted by Gasteiger charge is 2.16. The molecular formula is C18H24N4O. The second-order valence-corrected chi connectivity index (χ2v) is 5.33. The zero-order chi connectivity index (χ0) is 16.8. The molecule has 0 atom stereocenters. The number of aromatic nitrogens is 2. The molecule has 2 aromatic rings. The number of hydrogen-bond acceptors (Lipinski definition) is 4. The maximum absolute atomic E-state index is 12.5. The molecule has 0 saturated heterocycles. The summed E-state index contributed by atoms with van der Waals surface area (Å²) in [5.74, 6) is 0.397. The van der Waals surface area contributed by atoms with Gasteiger partial charge in [0.25, 0.3) is 5.91 Å². The van der Waals surface area contributed by atoms with Gasteiger partial charge in [-0.2, -0.15) is 0 Å². The van der Waals surface area contributed by atoms with E-state index in [-0.39, 0.29) is 5.91 Å². The van der Waals surface area contributed by atoms with Crippen molar-refractivity contribution in [2.45, 2.75) is 34.1 Å². The van der Waals surface area contributed by atoms with E-state index in [0.717, 1.165) is 17.8 Å². The summed E-state index contributed by atoms with van der Waals surface area (Å²) in [6.07, 6.45) is 0.917. The van der Waals surface area contributed by atoms with E-state index in [0.29, 0.717) is 24.7 Å². The lowest BCUT2D eigenvalue weighted by atomic mass is 10.1. The normalized spacial score (nSPS) is 10.4. The molecule has 122 valence electrons. The van der Waals surface area contributed by atoms with E-state index in [9.17, 15) is 4.79 Å². The van der Waals surface area contributed by atoms with Crippen molar-refractivity contribution in [3.63, 3.8) is 0 Å². The first kappa shape index (κ1) is 16.9. The van der Waals surface area contributed by atoms with E-state index in [1.54, 1.807) is 11.0 Å². The molecule has 1 aromatic heterocycles. The van der Waals surface area contributed by atoms with Crippen LogP contribution in [0.15, 0.2) is 30.3 Å². The van der Waals surface area contributed by atoms with Crippen LogP contribution in [-0.2, 0) is 6.42 Å². The van der Waals surface area contributed by atoms with E-state index < -0.39 is 0 Å². The molecule has 0 saturated carbocycles. The van der Waals surface area contributed by atoms with Crippen molar-refractivity contribution in [3.8, 4) is 0 Å². The van der Waals surface area contributed by atoms with Gasteiger partial charge in [-0.05, 0) is 44.9 Å². The number of carbonyl (C=O) groups excluding carboxylic acids is 1. The summed E-state index contributed by atoms with van der Waals surface area (Å²) in [5.41, 5.74) is 3.36. The fourth-order valence-electron chi connectivity index (χ4n) is 2.48. The van der Waals surface area contributed by atoms with Gasteiger partial charge in [0.15, 0.2) is 0 Å². The zero-order valence-electron chi connectivity index (χ0n) is 14.3. The highest BCUT2D eigenvalue weighted by Crippen LogP contribution is 2.19. The molecule has 5 nitrogen and oxygen atoms in total. The SMILES string of the molecule is CCc1ccccc1Nc1nc(C)cc(C(=O)N(CC)CC)n1. The predicted octanol–water partition coefficient (Wildman–Crippen LogP) is 3.57. The van der Waals surface area contributed by atoms with E-state index in [4.69, 9.17) is 0 Å². The molecule has 0 aliphatic rings. The highest BCUT2D eigenvalue weighted by atomic mass is 16.2. The van der Waals surface area contributed by atoms with Gasteiger partial charge in [-0.1, -0.05) is 25.1 Å². The fourth-order valence-corrected chi connectivity index (χ4v) is 2.48. The van der Waals surface area contributed by atoms with Crippen molar-refractivity contribution >= 4 is 17.5 Å². The Morgan fingerprint density at radius 1 is 1.13 bits per heavy atom. The van der Waals surface area contributed by atoms with Crippen LogP contribution < -0.4 is 5.32 Å². The second-order valence-electron chi connectivity index (χ2n) is 5.33. The number of amides is 1. The summed E-state index contributed by atoms with van der Waals surface area (Å²) in [6, 6.07) is 9.78. The Morgan fingerprint density at radius 2 is 1.83 bits per heavy atom. The topological polar surface area (TPSA) is 58.1 Å². The molecule has 0 aliphatic carbocycles. The van der Waals surface area contributed by atoms with Crippen molar-refractivity contribution < 1.29 is 4.79 Å². The third-order valence-electron chi connectivity index (χ3n) is 3.77. The predicted molar refractivity (Wildman–Crippen MR) is 93.1 cm³/mol. The summed E-state index contributed by atoms with van der Waals surface area (Å²) in [4.78, 5) is 23.1. The molecular weight excluding hydrogens is 288 g/mol. The number of hydrogen-bond donors (Lipinski definition) is 1. The Morgan fingerprint density at radius 3 is 2.48 bits per heavy atom. The van der Waals surface area contributed by atoms with Gasteiger partial charge >= 0.3 is 0 Å². The second kappa shape index (κ2) is 7.72. The van der Waals surface area contributed by atoms with Gasteiger partial charge in [0.1, 0.15) is 5.69 Å². The number of para-hydroxylation sites is 1. The summed E-state index contributed by atoms with van der Waals surface area (Å²) in [5, 5.41) is 3.24. The summed E-state index contributed by atoms with van der Waals surface area (Å²) < 4.78 is 0. The quantitative estimate of drug-likeness (QED) is 0.886.